The molecule has 0 saturated heterocycles. The first kappa shape index (κ1) is 9.50. The average molecular weight is 166 g/mol. The van der Waals surface area contributed by atoms with Gasteiger partial charge >= 0.3 is 0 Å². The molecule has 0 aromatic heterocycles. The van der Waals surface area contributed by atoms with E-state index in [-0.39, 0.29) is 11.3 Å². The predicted octanol–water partition coefficient (Wildman–Crippen LogP) is 2.96. The summed E-state index contributed by atoms with van der Waals surface area (Å²) in [6.45, 7) is 6.42. The van der Waals surface area contributed by atoms with Gasteiger partial charge in [-0.15, -0.1) is 0 Å². The number of rotatable bonds is 2. The van der Waals surface area contributed by atoms with Gasteiger partial charge < -0.3 is 4.79 Å². The van der Waals surface area contributed by atoms with Crippen LogP contribution in [0.5, 0.6) is 0 Å². The molecule has 1 heteroatoms. The molecular weight excluding hydrogens is 148 g/mol. The summed E-state index contributed by atoms with van der Waals surface area (Å²) >= 11 is 0. The van der Waals surface area contributed by atoms with Gasteiger partial charge in [-0.3, -0.25) is 0 Å². The van der Waals surface area contributed by atoms with Crippen LogP contribution in [0.2, 0.25) is 0 Å². The molecule has 0 aliphatic heterocycles. The highest BCUT2D eigenvalue weighted by Crippen LogP contribution is 2.40. The number of carbonyl (C=O) groups is 1. The van der Waals surface area contributed by atoms with Crippen LogP contribution in [0.4, 0.5) is 0 Å². The predicted molar refractivity (Wildman–Crippen MR) is 50.9 cm³/mol. The summed E-state index contributed by atoms with van der Waals surface area (Å²) in [5.74, 6) is 0.196. The zero-order valence-electron chi connectivity index (χ0n) is 8.26. The van der Waals surface area contributed by atoms with E-state index in [1.807, 2.05) is 6.92 Å². The molecule has 1 aliphatic carbocycles. The molecule has 0 heterocycles. The average Bonchev–Trinajstić information content (AvgIpc) is 2.09. The van der Waals surface area contributed by atoms with Gasteiger partial charge in [0, 0.05) is 5.92 Å². The second-order valence-electron chi connectivity index (χ2n) is 4.33. The smallest absolute Gasteiger partial charge is 0.123 e. The van der Waals surface area contributed by atoms with Crippen LogP contribution < -0.4 is 0 Å². The Balaban J connectivity index is 2.69. The first-order valence-corrected chi connectivity index (χ1v) is 4.69. The van der Waals surface area contributed by atoms with Crippen LogP contribution in [0, 0.1) is 11.3 Å². The third kappa shape index (κ3) is 1.77. The lowest BCUT2D eigenvalue weighted by atomic mass is 9.69. The van der Waals surface area contributed by atoms with Gasteiger partial charge in [-0.1, -0.05) is 25.5 Å². The van der Waals surface area contributed by atoms with Crippen LogP contribution in [0.3, 0.4) is 0 Å². The lowest BCUT2D eigenvalue weighted by Gasteiger charge is -2.35. The Morgan fingerprint density at radius 1 is 1.67 bits per heavy atom. The molecule has 2 atom stereocenters. The normalized spacial score (nSPS) is 32.4. The van der Waals surface area contributed by atoms with Gasteiger partial charge in [0.1, 0.15) is 6.29 Å². The van der Waals surface area contributed by atoms with E-state index in [9.17, 15) is 4.79 Å². The highest BCUT2D eigenvalue weighted by Gasteiger charge is 2.31. The van der Waals surface area contributed by atoms with Gasteiger partial charge in [0.05, 0.1) is 0 Å². The molecule has 1 rings (SSSR count). The van der Waals surface area contributed by atoms with E-state index >= 15 is 0 Å². The minimum absolute atomic E-state index is 0.196. The summed E-state index contributed by atoms with van der Waals surface area (Å²) in [6, 6.07) is 0. The quantitative estimate of drug-likeness (QED) is 0.455. The van der Waals surface area contributed by atoms with Gasteiger partial charge in [0.25, 0.3) is 0 Å². The number of allylic oxidation sites excluding steroid dienone is 2. The highest BCUT2D eigenvalue weighted by molar-refractivity contribution is 5.54. The summed E-state index contributed by atoms with van der Waals surface area (Å²) in [6.07, 6.45) is 6.76. The first-order chi connectivity index (χ1) is 5.58. The molecule has 0 fully saturated rings. The van der Waals surface area contributed by atoms with E-state index in [4.69, 9.17) is 0 Å². The van der Waals surface area contributed by atoms with Gasteiger partial charge in [-0.2, -0.15) is 0 Å². The van der Waals surface area contributed by atoms with Crippen molar-refractivity contribution >= 4 is 6.29 Å². The molecule has 1 nitrogen and oxygen atoms in total. The number of hydrogen-bond acceptors (Lipinski definition) is 1. The number of carbonyl (C=O) groups excluding carboxylic acids is 1. The van der Waals surface area contributed by atoms with Crippen molar-refractivity contribution in [3.63, 3.8) is 0 Å². The summed E-state index contributed by atoms with van der Waals surface area (Å²) in [5, 5.41) is 0. The minimum atomic E-state index is 0.196. The Labute approximate surface area is 74.9 Å². The molecule has 1 aliphatic rings. The van der Waals surface area contributed by atoms with Gasteiger partial charge in [0.15, 0.2) is 0 Å². The maximum Gasteiger partial charge on any atom is 0.123 e. The molecule has 0 aromatic rings. The van der Waals surface area contributed by atoms with E-state index in [0.717, 1.165) is 25.5 Å². The van der Waals surface area contributed by atoms with E-state index in [1.165, 1.54) is 5.57 Å². The zero-order valence-corrected chi connectivity index (χ0v) is 8.26. The molecule has 0 radical (unpaired) electrons. The molecule has 0 aromatic carbocycles. The number of aldehydes is 1. The molecule has 0 spiro atoms. The monoisotopic (exact) mass is 166 g/mol. The Morgan fingerprint density at radius 3 is 2.75 bits per heavy atom. The van der Waals surface area contributed by atoms with Crippen LogP contribution >= 0.6 is 0 Å². The molecule has 68 valence electrons. The second kappa shape index (κ2) is 3.42. The molecule has 12 heavy (non-hydrogen) atoms. The third-order valence-corrected chi connectivity index (χ3v) is 3.31. The van der Waals surface area contributed by atoms with Crippen LogP contribution in [-0.4, -0.2) is 6.29 Å². The molecular formula is C11H18O. The zero-order chi connectivity index (χ0) is 9.19. The van der Waals surface area contributed by atoms with Crippen LogP contribution in [0.1, 0.15) is 40.0 Å². The fourth-order valence-electron chi connectivity index (χ4n) is 1.67. The first-order valence-electron chi connectivity index (χ1n) is 4.69. The fourth-order valence-corrected chi connectivity index (χ4v) is 1.67. The van der Waals surface area contributed by atoms with E-state index in [1.54, 1.807) is 0 Å². The van der Waals surface area contributed by atoms with Crippen molar-refractivity contribution < 1.29 is 4.79 Å². The van der Waals surface area contributed by atoms with Crippen molar-refractivity contribution in [1.29, 1.82) is 0 Å². The Kier molecular flexibility index (Phi) is 2.71. The van der Waals surface area contributed by atoms with Crippen LogP contribution in [0.25, 0.3) is 0 Å². The minimum Gasteiger partial charge on any atom is -0.303 e. The summed E-state index contributed by atoms with van der Waals surface area (Å²) in [4.78, 5) is 10.7. The third-order valence-electron chi connectivity index (χ3n) is 3.31. The van der Waals surface area contributed by atoms with Gasteiger partial charge in [0.2, 0.25) is 0 Å². The van der Waals surface area contributed by atoms with Gasteiger partial charge in [-0.05, 0) is 31.6 Å². The molecule has 0 bridgehead atoms. The van der Waals surface area contributed by atoms with E-state index in [2.05, 4.69) is 19.9 Å². The highest BCUT2D eigenvalue weighted by atomic mass is 16.1. The Hall–Kier alpha value is -0.590. The Bertz CT molecular complexity index is 205. The van der Waals surface area contributed by atoms with Crippen molar-refractivity contribution in [3.05, 3.63) is 11.6 Å². The van der Waals surface area contributed by atoms with Crippen molar-refractivity contribution in [1.82, 2.24) is 0 Å². The number of hydrogen-bond donors (Lipinski definition) is 0. The fraction of sp³-hybridized carbons (Fsp3) is 0.727. The van der Waals surface area contributed by atoms with Gasteiger partial charge in [-0.25, -0.2) is 0 Å². The summed E-state index contributed by atoms with van der Waals surface area (Å²) < 4.78 is 0. The second-order valence-corrected chi connectivity index (χ2v) is 4.33. The summed E-state index contributed by atoms with van der Waals surface area (Å²) in [5.41, 5.74) is 1.70. The topological polar surface area (TPSA) is 17.1 Å². The summed E-state index contributed by atoms with van der Waals surface area (Å²) in [7, 11) is 0. The van der Waals surface area contributed by atoms with Crippen LogP contribution in [0.15, 0.2) is 11.6 Å². The largest absolute Gasteiger partial charge is 0.303 e. The standard InChI is InChI=1S/C11H18O/c1-9-4-6-11(3,7-5-9)10(2)8-12/h4,8,10H,5-7H2,1-3H3. The van der Waals surface area contributed by atoms with Crippen molar-refractivity contribution in [2.45, 2.75) is 40.0 Å². The van der Waals surface area contributed by atoms with E-state index in [0.29, 0.717) is 0 Å². The molecule has 0 amide bonds. The van der Waals surface area contributed by atoms with E-state index < -0.39 is 0 Å². The maximum absolute atomic E-state index is 10.7. The SMILES string of the molecule is CC1=CCC(C)(C(C)C=O)CC1. The Morgan fingerprint density at radius 2 is 2.33 bits per heavy atom. The molecule has 2 unspecified atom stereocenters. The lowest BCUT2D eigenvalue weighted by Crippen LogP contribution is -2.28. The maximum atomic E-state index is 10.7. The molecule has 0 N–H and O–H groups in total. The molecule has 0 saturated carbocycles. The van der Waals surface area contributed by atoms with Crippen molar-refractivity contribution in [3.8, 4) is 0 Å². The van der Waals surface area contributed by atoms with Crippen molar-refractivity contribution in [2.75, 3.05) is 0 Å². The van der Waals surface area contributed by atoms with Crippen molar-refractivity contribution in [2.24, 2.45) is 11.3 Å². The van der Waals surface area contributed by atoms with Crippen LogP contribution in [-0.2, 0) is 4.79 Å². The lowest BCUT2D eigenvalue weighted by molar-refractivity contribution is -0.114.